The van der Waals surface area contributed by atoms with Crippen molar-refractivity contribution in [2.45, 2.75) is 75.9 Å². The van der Waals surface area contributed by atoms with Crippen LogP contribution in [0.4, 0.5) is 0 Å². The molecule has 5 atom stereocenters. The highest BCUT2D eigenvalue weighted by atomic mass is 16.7. The Morgan fingerprint density at radius 3 is 2.79 bits per heavy atom. The fourth-order valence-corrected chi connectivity index (χ4v) is 7.56. The highest BCUT2D eigenvalue weighted by Gasteiger charge is 2.69. The quantitative estimate of drug-likeness (QED) is 0.635. The third kappa shape index (κ3) is 2.71. The Hall–Kier alpha value is -2.55. The number of fused-ring (bicyclic) bond motifs is 5. The van der Waals surface area contributed by atoms with E-state index in [0.29, 0.717) is 19.3 Å². The van der Waals surface area contributed by atoms with E-state index < -0.39 is 16.6 Å². The Morgan fingerprint density at radius 2 is 1.97 bits per heavy atom. The van der Waals surface area contributed by atoms with Gasteiger partial charge in [0.15, 0.2) is 17.3 Å². The second kappa shape index (κ2) is 6.98. The first-order chi connectivity index (χ1) is 15.8. The van der Waals surface area contributed by atoms with E-state index >= 15 is 0 Å². The summed E-state index contributed by atoms with van der Waals surface area (Å²) >= 11 is 0. The molecule has 0 aromatic heterocycles. The number of benzene rings is 1. The zero-order valence-corrected chi connectivity index (χ0v) is 19.4. The van der Waals surface area contributed by atoms with Gasteiger partial charge in [-0.25, -0.2) is 0 Å². The molecule has 1 aromatic rings. The Balaban J connectivity index is 1.57. The average molecular weight is 446 g/mol. The molecular formula is C28H31NO4. The van der Waals surface area contributed by atoms with Gasteiger partial charge in [0.05, 0.1) is 0 Å². The van der Waals surface area contributed by atoms with Crippen molar-refractivity contribution in [1.29, 1.82) is 0 Å². The summed E-state index contributed by atoms with van der Waals surface area (Å²) in [4.78, 5) is 12.2. The first kappa shape index (κ1) is 21.0. The van der Waals surface area contributed by atoms with Gasteiger partial charge in [-0.1, -0.05) is 24.5 Å². The van der Waals surface area contributed by atoms with E-state index in [2.05, 4.69) is 30.9 Å². The number of aliphatic hydroxyl groups is 1. The van der Waals surface area contributed by atoms with Crippen LogP contribution in [0.1, 0.15) is 70.3 Å². The van der Waals surface area contributed by atoms with Crippen LogP contribution < -0.4 is 15.2 Å². The number of nitrogens with two attached hydrogens (primary N) is 1. The van der Waals surface area contributed by atoms with E-state index in [0.717, 1.165) is 42.7 Å². The van der Waals surface area contributed by atoms with Crippen LogP contribution in [-0.2, 0) is 4.79 Å². The summed E-state index contributed by atoms with van der Waals surface area (Å²) in [5.41, 5.74) is 10.2. The molecule has 0 spiro atoms. The van der Waals surface area contributed by atoms with Crippen LogP contribution in [0.25, 0.3) is 0 Å². The van der Waals surface area contributed by atoms with E-state index in [9.17, 15) is 9.90 Å². The lowest BCUT2D eigenvalue weighted by molar-refractivity contribution is -0.114. The molecule has 0 amide bonds. The summed E-state index contributed by atoms with van der Waals surface area (Å²) in [7, 11) is 0. The molecule has 0 saturated heterocycles. The molecule has 33 heavy (non-hydrogen) atoms. The van der Waals surface area contributed by atoms with Gasteiger partial charge in [-0.15, -0.1) is 5.92 Å². The standard InChI is InChI=1S/C28H31NO4/c1-3-10-27(31)11-12-28(29)22-8-4-17-13-19(30)6-7-20(17)25(22)21(15-26(27,28)2)18-5-9-23-24(14-18)33-16-32-23/h5,9,13-14,21-22,31H,4,6-8,11-12,15-16,29H2,1-2H3/t21-,22-,26-,27+,28-/m1/s1. The zero-order chi connectivity index (χ0) is 23.0. The largest absolute Gasteiger partial charge is 0.454 e. The summed E-state index contributed by atoms with van der Waals surface area (Å²) in [5, 5.41) is 11.8. The minimum absolute atomic E-state index is 0.0846. The highest BCUT2D eigenvalue weighted by Crippen LogP contribution is 2.67. The monoisotopic (exact) mass is 445 g/mol. The molecule has 5 heteroatoms. The van der Waals surface area contributed by atoms with Crippen LogP contribution >= 0.6 is 0 Å². The number of rotatable bonds is 1. The average Bonchev–Trinajstić information content (AvgIpc) is 3.34. The van der Waals surface area contributed by atoms with E-state index in [1.54, 1.807) is 6.92 Å². The minimum Gasteiger partial charge on any atom is -0.454 e. The van der Waals surface area contributed by atoms with Crippen LogP contribution in [0.15, 0.2) is 41.0 Å². The van der Waals surface area contributed by atoms with E-state index in [4.69, 9.17) is 15.2 Å². The van der Waals surface area contributed by atoms with Crippen LogP contribution in [0.2, 0.25) is 0 Å². The smallest absolute Gasteiger partial charge is 0.231 e. The van der Waals surface area contributed by atoms with Crippen LogP contribution in [0.5, 0.6) is 11.5 Å². The highest BCUT2D eigenvalue weighted by molar-refractivity contribution is 5.93. The lowest BCUT2D eigenvalue weighted by atomic mass is 9.48. The molecule has 1 aromatic carbocycles. The second-order valence-corrected chi connectivity index (χ2v) is 10.6. The van der Waals surface area contributed by atoms with Gasteiger partial charge in [0.1, 0.15) is 5.60 Å². The number of allylic oxidation sites excluding steroid dienone is 3. The molecule has 5 nitrogen and oxygen atoms in total. The maximum Gasteiger partial charge on any atom is 0.231 e. The summed E-state index contributed by atoms with van der Waals surface area (Å²) in [6.07, 6.45) is 7.04. The lowest BCUT2D eigenvalue weighted by Gasteiger charge is -2.59. The molecule has 5 aliphatic rings. The fraction of sp³-hybridized carbons (Fsp3) is 0.536. The first-order valence-electron chi connectivity index (χ1n) is 12.1. The van der Waals surface area contributed by atoms with Crippen molar-refractivity contribution in [2.24, 2.45) is 17.1 Å². The number of hydrogen-bond donors (Lipinski definition) is 2. The second-order valence-electron chi connectivity index (χ2n) is 10.6. The SMILES string of the molecule is CC#C[C@]1(O)CC[C@@]2(N)[C@@H]3CCC4=CC(=O)CCC4=C3[C@@H](c3ccc4c(c3)OCO4)C[C@@]21C. The number of carbonyl (C=O) groups excluding carboxylic acids is 1. The fourth-order valence-electron chi connectivity index (χ4n) is 7.56. The predicted molar refractivity (Wildman–Crippen MR) is 125 cm³/mol. The van der Waals surface area contributed by atoms with Crippen molar-refractivity contribution >= 4 is 5.78 Å². The van der Waals surface area contributed by atoms with Gasteiger partial charge in [-0.05, 0) is 86.3 Å². The zero-order valence-electron chi connectivity index (χ0n) is 19.4. The molecule has 2 saturated carbocycles. The van der Waals surface area contributed by atoms with Gasteiger partial charge < -0.3 is 20.3 Å². The lowest BCUT2D eigenvalue weighted by Crippen LogP contribution is -2.66. The molecule has 4 aliphatic carbocycles. The Labute approximate surface area is 195 Å². The molecule has 0 bridgehead atoms. The molecule has 2 fully saturated rings. The van der Waals surface area contributed by atoms with Crippen molar-refractivity contribution < 1.29 is 19.4 Å². The van der Waals surface area contributed by atoms with Gasteiger partial charge in [0.2, 0.25) is 6.79 Å². The molecule has 1 aliphatic heterocycles. The van der Waals surface area contributed by atoms with Crippen LogP contribution in [0.3, 0.4) is 0 Å². The van der Waals surface area contributed by atoms with Crippen molar-refractivity contribution in [3.63, 3.8) is 0 Å². The van der Waals surface area contributed by atoms with Gasteiger partial charge in [0.25, 0.3) is 0 Å². The third-order valence-corrected chi connectivity index (χ3v) is 9.35. The molecule has 0 radical (unpaired) electrons. The molecule has 172 valence electrons. The Morgan fingerprint density at radius 1 is 1.15 bits per heavy atom. The molecule has 6 rings (SSSR count). The van der Waals surface area contributed by atoms with Gasteiger partial charge >= 0.3 is 0 Å². The maximum absolute atomic E-state index is 12.2. The number of carbonyl (C=O) groups is 1. The molecule has 0 unspecified atom stereocenters. The third-order valence-electron chi connectivity index (χ3n) is 9.35. The molecule has 1 heterocycles. The van der Waals surface area contributed by atoms with E-state index in [1.165, 1.54) is 16.7 Å². The normalized spacial score (nSPS) is 38.7. The van der Waals surface area contributed by atoms with Crippen LogP contribution in [-0.4, -0.2) is 28.8 Å². The maximum atomic E-state index is 12.2. The summed E-state index contributed by atoms with van der Waals surface area (Å²) < 4.78 is 11.3. The minimum atomic E-state index is -1.11. The summed E-state index contributed by atoms with van der Waals surface area (Å²) in [6, 6.07) is 6.21. The Kier molecular flexibility index (Phi) is 4.44. The number of ketones is 1. The van der Waals surface area contributed by atoms with Crippen molar-refractivity contribution in [1.82, 2.24) is 0 Å². The van der Waals surface area contributed by atoms with Crippen molar-refractivity contribution in [2.75, 3.05) is 6.79 Å². The number of hydrogen-bond acceptors (Lipinski definition) is 5. The summed E-state index contributed by atoms with van der Waals surface area (Å²) in [6.45, 7) is 4.19. The molecular weight excluding hydrogens is 414 g/mol. The Bertz CT molecular complexity index is 1190. The first-order valence-corrected chi connectivity index (χ1v) is 12.1. The number of ether oxygens (including phenoxy) is 2. The predicted octanol–water partition coefficient (Wildman–Crippen LogP) is 4.15. The van der Waals surface area contributed by atoms with Gasteiger partial charge in [-0.3, -0.25) is 4.79 Å². The van der Waals surface area contributed by atoms with Crippen molar-refractivity contribution in [3.05, 3.63) is 46.6 Å². The topological polar surface area (TPSA) is 81.8 Å². The molecule has 3 N–H and O–H groups in total. The van der Waals surface area contributed by atoms with Crippen molar-refractivity contribution in [3.8, 4) is 23.3 Å². The van der Waals surface area contributed by atoms with Gasteiger partial charge in [0, 0.05) is 23.3 Å². The van der Waals surface area contributed by atoms with Crippen LogP contribution in [0, 0.1) is 23.2 Å². The van der Waals surface area contributed by atoms with E-state index in [1.807, 2.05) is 12.1 Å². The van der Waals surface area contributed by atoms with Gasteiger partial charge in [-0.2, -0.15) is 0 Å². The summed E-state index contributed by atoms with van der Waals surface area (Å²) in [5.74, 6) is 8.15. The van der Waals surface area contributed by atoms with E-state index in [-0.39, 0.29) is 24.4 Å².